The van der Waals surface area contributed by atoms with Crippen LogP contribution in [-0.2, 0) is 13.2 Å². The summed E-state index contributed by atoms with van der Waals surface area (Å²) in [5.41, 5.74) is 2.88. The van der Waals surface area contributed by atoms with Crippen molar-refractivity contribution < 1.29 is 4.74 Å². The minimum absolute atomic E-state index is 0.547. The molecule has 2 rings (SSSR count). The molecule has 0 fully saturated rings. The fraction of sp³-hybridized carbons (Fsp3) is 0.308. The number of aromatic nitrogens is 1. The van der Waals surface area contributed by atoms with Gasteiger partial charge in [-0.15, -0.1) is 11.3 Å². The van der Waals surface area contributed by atoms with Crippen LogP contribution < -0.4 is 10.1 Å². The van der Waals surface area contributed by atoms with Crippen molar-refractivity contribution in [3.63, 3.8) is 0 Å². The van der Waals surface area contributed by atoms with E-state index in [4.69, 9.17) is 16.3 Å². The molecule has 0 saturated carbocycles. The lowest BCUT2D eigenvalue weighted by atomic mass is 10.2. The van der Waals surface area contributed by atoms with E-state index in [0.29, 0.717) is 6.61 Å². The van der Waals surface area contributed by atoms with Crippen LogP contribution in [0.2, 0.25) is 5.02 Å². The molecule has 0 atom stereocenters. The van der Waals surface area contributed by atoms with Gasteiger partial charge in [-0.3, -0.25) is 4.98 Å². The maximum Gasteiger partial charge on any atom is 0.124 e. The van der Waals surface area contributed by atoms with Crippen molar-refractivity contribution >= 4 is 22.9 Å². The van der Waals surface area contributed by atoms with Gasteiger partial charge in [0.1, 0.15) is 12.4 Å². The van der Waals surface area contributed by atoms with E-state index in [9.17, 15) is 0 Å². The molecule has 3 nitrogen and oxygen atoms in total. The lowest BCUT2D eigenvalue weighted by Crippen LogP contribution is -2.12. The van der Waals surface area contributed by atoms with Crippen LogP contribution in [0.15, 0.2) is 29.9 Å². The van der Waals surface area contributed by atoms with Crippen LogP contribution in [0, 0.1) is 0 Å². The van der Waals surface area contributed by atoms with Crippen LogP contribution in [-0.4, -0.2) is 11.5 Å². The van der Waals surface area contributed by atoms with Gasteiger partial charge in [-0.2, -0.15) is 0 Å². The van der Waals surface area contributed by atoms with Crippen molar-refractivity contribution in [3.05, 3.63) is 45.4 Å². The normalized spacial score (nSPS) is 10.6. The number of nitrogens with one attached hydrogen (secondary N) is 1. The van der Waals surface area contributed by atoms with E-state index < -0.39 is 0 Å². The SMILES string of the molecule is CCNCc1cc(Cl)ccc1OCc1cncs1. The van der Waals surface area contributed by atoms with E-state index in [1.807, 2.05) is 24.4 Å². The Morgan fingerprint density at radius 3 is 3.06 bits per heavy atom. The molecule has 96 valence electrons. The predicted molar refractivity (Wildman–Crippen MR) is 75.3 cm³/mol. The summed E-state index contributed by atoms with van der Waals surface area (Å²) in [5, 5.41) is 4.01. The van der Waals surface area contributed by atoms with Crippen LogP contribution in [0.1, 0.15) is 17.4 Å². The van der Waals surface area contributed by atoms with Crippen molar-refractivity contribution in [3.8, 4) is 5.75 Å². The zero-order valence-electron chi connectivity index (χ0n) is 10.1. The van der Waals surface area contributed by atoms with Gasteiger partial charge in [0.05, 0.1) is 10.4 Å². The van der Waals surface area contributed by atoms with Crippen molar-refractivity contribution in [1.82, 2.24) is 10.3 Å². The zero-order valence-corrected chi connectivity index (χ0v) is 11.7. The number of hydrogen-bond acceptors (Lipinski definition) is 4. The molecule has 1 N–H and O–H groups in total. The molecule has 0 saturated heterocycles. The maximum atomic E-state index is 6.00. The summed E-state index contributed by atoms with van der Waals surface area (Å²) in [6.07, 6.45) is 1.82. The Labute approximate surface area is 116 Å². The third kappa shape index (κ3) is 3.70. The minimum atomic E-state index is 0.547. The molecule has 0 unspecified atom stereocenters. The average molecular weight is 283 g/mol. The fourth-order valence-corrected chi connectivity index (χ4v) is 2.25. The molecule has 0 aliphatic carbocycles. The number of ether oxygens (including phenoxy) is 1. The highest BCUT2D eigenvalue weighted by atomic mass is 35.5. The second kappa shape index (κ2) is 6.73. The van der Waals surface area contributed by atoms with Crippen LogP contribution in [0.4, 0.5) is 0 Å². The molecule has 0 bridgehead atoms. The summed E-state index contributed by atoms with van der Waals surface area (Å²) in [6.45, 7) is 4.30. The van der Waals surface area contributed by atoms with E-state index in [1.165, 1.54) is 0 Å². The van der Waals surface area contributed by atoms with Gasteiger partial charge in [0.25, 0.3) is 0 Å². The molecule has 0 aliphatic rings. The van der Waals surface area contributed by atoms with Gasteiger partial charge in [0, 0.05) is 23.3 Å². The first-order valence-corrected chi connectivity index (χ1v) is 7.04. The Bertz CT molecular complexity index is 488. The van der Waals surface area contributed by atoms with Crippen molar-refractivity contribution in [1.29, 1.82) is 0 Å². The summed E-state index contributed by atoms with van der Waals surface area (Å²) < 4.78 is 5.81. The molecule has 0 aliphatic heterocycles. The van der Waals surface area contributed by atoms with Gasteiger partial charge in [-0.25, -0.2) is 0 Å². The highest BCUT2D eigenvalue weighted by Crippen LogP contribution is 2.24. The van der Waals surface area contributed by atoms with Gasteiger partial charge in [-0.05, 0) is 24.7 Å². The van der Waals surface area contributed by atoms with E-state index in [2.05, 4.69) is 17.2 Å². The third-order valence-corrected chi connectivity index (χ3v) is 3.43. The molecule has 18 heavy (non-hydrogen) atoms. The highest BCUT2D eigenvalue weighted by Gasteiger charge is 2.05. The summed E-state index contributed by atoms with van der Waals surface area (Å²) in [7, 11) is 0. The second-order valence-corrected chi connectivity index (χ2v) is 5.20. The topological polar surface area (TPSA) is 34.1 Å². The average Bonchev–Trinajstić information content (AvgIpc) is 2.88. The van der Waals surface area contributed by atoms with Gasteiger partial charge in [0.15, 0.2) is 0 Å². The molecule has 2 aromatic rings. The van der Waals surface area contributed by atoms with E-state index >= 15 is 0 Å². The summed E-state index contributed by atoms with van der Waals surface area (Å²) >= 11 is 7.60. The van der Waals surface area contributed by atoms with Gasteiger partial charge < -0.3 is 10.1 Å². The zero-order chi connectivity index (χ0) is 12.8. The fourth-order valence-electron chi connectivity index (χ4n) is 1.55. The van der Waals surface area contributed by atoms with E-state index in [-0.39, 0.29) is 0 Å². The molecule has 0 spiro atoms. The van der Waals surface area contributed by atoms with Crippen LogP contribution in [0.5, 0.6) is 5.75 Å². The van der Waals surface area contributed by atoms with E-state index in [1.54, 1.807) is 16.8 Å². The summed E-state index contributed by atoms with van der Waals surface area (Å²) in [4.78, 5) is 5.14. The Morgan fingerprint density at radius 2 is 2.33 bits per heavy atom. The summed E-state index contributed by atoms with van der Waals surface area (Å²) in [5.74, 6) is 0.869. The van der Waals surface area contributed by atoms with Gasteiger partial charge in [0.2, 0.25) is 0 Å². The lowest BCUT2D eigenvalue weighted by molar-refractivity contribution is 0.305. The van der Waals surface area contributed by atoms with Crippen LogP contribution in [0.25, 0.3) is 0 Å². The quantitative estimate of drug-likeness (QED) is 0.881. The number of thiazole rings is 1. The number of halogens is 1. The smallest absolute Gasteiger partial charge is 0.124 e. The monoisotopic (exact) mass is 282 g/mol. The number of hydrogen-bond donors (Lipinski definition) is 1. The largest absolute Gasteiger partial charge is 0.488 e. The molecule has 0 radical (unpaired) electrons. The Morgan fingerprint density at radius 1 is 1.44 bits per heavy atom. The lowest BCUT2D eigenvalue weighted by Gasteiger charge is -2.11. The first kappa shape index (κ1) is 13.3. The molecule has 1 aromatic carbocycles. The number of nitrogens with zero attached hydrogens (tertiary/aromatic N) is 1. The minimum Gasteiger partial charge on any atom is -0.488 e. The van der Waals surface area contributed by atoms with Crippen molar-refractivity contribution in [2.24, 2.45) is 0 Å². The standard InChI is InChI=1S/C13H15ClN2OS/c1-2-15-6-10-5-11(14)3-4-13(10)17-8-12-7-16-9-18-12/h3-5,7,9,15H,2,6,8H2,1H3. The first-order valence-electron chi connectivity index (χ1n) is 5.79. The van der Waals surface area contributed by atoms with Gasteiger partial charge >= 0.3 is 0 Å². The van der Waals surface area contributed by atoms with Gasteiger partial charge in [-0.1, -0.05) is 18.5 Å². The number of rotatable bonds is 6. The van der Waals surface area contributed by atoms with Crippen molar-refractivity contribution in [2.75, 3.05) is 6.54 Å². The van der Waals surface area contributed by atoms with Crippen LogP contribution >= 0.6 is 22.9 Å². The maximum absolute atomic E-state index is 6.00. The molecule has 0 amide bonds. The molecule has 5 heteroatoms. The first-order chi connectivity index (χ1) is 8.79. The van der Waals surface area contributed by atoms with Crippen LogP contribution in [0.3, 0.4) is 0 Å². The summed E-state index contributed by atoms with van der Waals surface area (Å²) in [6, 6.07) is 5.70. The van der Waals surface area contributed by atoms with Crippen molar-refractivity contribution in [2.45, 2.75) is 20.1 Å². The molecular weight excluding hydrogens is 268 g/mol. The third-order valence-electron chi connectivity index (χ3n) is 2.44. The Hall–Kier alpha value is -1.10. The molecule has 1 heterocycles. The Kier molecular flexibility index (Phi) is 4.99. The second-order valence-electron chi connectivity index (χ2n) is 3.79. The molecular formula is C13H15ClN2OS. The highest BCUT2D eigenvalue weighted by molar-refractivity contribution is 7.09. The predicted octanol–water partition coefficient (Wildman–Crippen LogP) is 3.49. The Balaban J connectivity index is 2.05. The number of benzene rings is 1. The van der Waals surface area contributed by atoms with E-state index in [0.717, 1.165) is 34.3 Å². The molecule has 1 aromatic heterocycles.